The molecule has 2 N–H and O–H groups in total. The van der Waals surface area contributed by atoms with Crippen LogP contribution in [-0.2, 0) is 0 Å². The number of aliphatic hydroxyl groups excluding tert-OH is 1. The smallest absolute Gasteiger partial charge is 0.251 e. The number of carbonyl (C=O) groups excluding carboxylic acids is 1. The largest absolute Gasteiger partial charge is 0.394 e. The third-order valence-corrected chi connectivity index (χ3v) is 4.32. The van der Waals surface area contributed by atoms with Crippen LogP contribution in [0.1, 0.15) is 42.5 Å². The average molecular weight is 330 g/mol. The summed E-state index contributed by atoms with van der Waals surface area (Å²) in [5, 5.41) is 12.4. The van der Waals surface area contributed by atoms with E-state index in [1.807, 2.05) is 0 Å². The Morgan fingerprint density at radius 2 is 2.05 bits per heavy atom. The van der Waals surface area contributed by atoms with Gasteiger partial charge in [-0.05, 0) is 47.0 Å². The van der Waals surface area contributed by atoms with Crippen LogP contribution in [0.3, 0.4) is 0 Å². The van der Waals surface area contributed by atoms with Gasteiger partial charge in [-0.15, -0.1) is 0 Å². The number of amides is 1. The van der Waals surface area contributed by atoms with Gasteiger partial charge in [0.2, 0.25) is 0 Å². The lowest BCUT2D eigenvalue weighted by Crippen LogP contribution is -2.52. The van der Waals surface area contributed by atoms with E-state index < -0.39 is 11.4 Å². The molecule has 3 nitrogen and oxygen atoms in total. The second-order valence-electron chi connectivity index (χ2n) is 5.08. The van der Waals surface area contributed by atoms with Gasteiger partial charge in [0.15, 0.2) is 0 Å². The van der Waals surface area contributed by atoms with E-state index in [1.165, 1.54) is 12.1 Å². The molecule has 0 bridgehead atoms. The normalized spacial score (nSPS) is 18.1. The third-order valence-electron chi connectivity index (χ3n) is 3.67. The number of hydrogen-bond donors (Lipinski definition) is 2. The summed E-state index contributed by atoms with van der Waals surface area (Å²) >= 11 is 3.05. The zero-order chi connectivity index (χ0) is 13.9. The van der Waals surface area contributed by atoms with Crippen molar-refractivity contribution >= 4 is 21.8 Å². The fourth-order valence-electron chi connectivity index (χ4n) is 2.50. The number of benzene rings is 1. The lowest BCUT2D eigenvalue weighted by molar-refractivity contribution is 0.0758. The first-order valence-corrected chi connectivity index (χ1v) is 7.24. The zero-order valence-electron chi connectivity index (χ0n) is 10.6. The Balaban J connectivity index is 2.12. The van der Waals surface area contributed by atoms with Crippen LogP contribution >= 0.6 is 15.9 Å². The van der Waals surface area contributed by atoms with E-state index in [1.54, 1.807) is 6.07 Å². The fraction of sp³-hybridized carbons (Fsp3) is 0.500. The fourth-order valence-corrected chi connectivity index (χ4v) is 2.75. The van der Waals surface area contributed by atoms with Crippen LogP contribution in [0, 0.1) is 5.82 Å². The molecule has 2 rings (SSSR count). The molecule has 0 unspecified atom stereocenters. The van der Waals surface area contributed by atoms with Crippen molar-refractivity contribution in [2.24, 2.45) is 0 Å². The minimum absolute atomic E-state index is 0.0717. The van der Waals surface area contributed by atoms with E-state index in [0.29, 0.717) is 4.47 Å². The molecule has 1 fully saturated rings. The molecule has 0 atom stereocenters. The lowest BCUT2D eigenvalue weighted by Gasteiger charge is -2.36. The number of halogens is 2. The van der Waals surface area contributed by atoms with Gasteiger partial charge in [-0.25, -0.2) is 4.39 Å². The summed E-state index contributed by atoms with van der Waals surface area (Å²) in [7, 11) is 0. The summed E-state index contributed by atoms with van der Waals surface area (Å²) in [6.07, 6.45) is 4.66. The van der Waals surface area contributed by atoms with Crippen LogP contribution in [-0.4, -0.2) is 23.2 Å². The maximum Gasteiger partial charge on any atom is 0.251 e. The Morgan fingerprint density at radius 1 is 1.37 bits per heavy atom. The summed E-state index contributed by atoms with van der Waals surface area (Å²) in [6, 6.07) is 4.28. The highest BCUT2D eigenvalue weighted by molar-refractivity contribution is 9.10. The molecule has 1 aromatic rings. The van der Waals surface area contributed by atoms with E-state index in [-0.39, 0.29) is 18.1 Å². The number of nitrogens with one attached hydrogen (secondary N) is 1. The van der Waals surface area contributed by atoms with Gasteiger partial charge < -0.3 is 10.4 Å². The predicted octanol–water partition coefficient (Wildman–Crippen LogP) is 3.01. The second kappa shape index (κ2) is 6.01. The zero-order valence-corrected chi connectivity index (χ0v) is 12.2. The highest BCUT2D eigenvalue weighted by atomic mass is 79.9. The molecule has 1 saturated carbocycles. The van der Waals surface area contributed by atoms with Crippen molar-refractivity contribution in [2.75, 3.05) is 6.61 Å². The topological polar surface area (TPSA) is 49.3 Å². The Labute approximate surface area is 120 Å². The lowest BCUT2D eigenvalue weighted by atomic mass is 9.82. The first-order valence-electron chi connectivity index (χ1n) is 6.45. The Bertz CT molecular complexity index is 473. The SMILES string of the molecule is O=C(NC1(CO)CCCCC1)c1ccc(Br)c(F)c1. The first-order chi connectivity index (χ1) is 9.06. The molecule has 0 aliphatic heterocycles. The van der Waals surface area contributed by atoms with Gasteiger partial charge in [-0.2, -0.15) is 0 Å². The molecule has 5 heteroatoms. The van der Waals surface area contributed by atoms with Gasteiger partial charge in [0, 0.05) is 5.56 Å². The van der Waals surface area contributed by atoms with Crippen LogP contribution in [0.2, 0.25) is 0 Å². The monoisotopic (exact) mass is 329 g/mol. The molecule has 0 saturated heterocycles. The Kier molecular flexibility index (Phi) is 4.58. The van der Waals surface area contributed by atoms with Gasteiger partial charge in [-0.3, -0.25) is 4.79 Å². The van der Waals surface area contributed by atoms with Crippen molar-refractivity contribution in [2.45, 2.75) is 37.6 Å². The molecule has 1 aromatic carbocycles. The van der Waals surface area contributed by atoms with Gasteiger partial charge in [0.25, 0.3) is 5.91 Å². The molecule has 1 aliphatic rings. The molecule has 1 aliphatic carbocycles. The van der Waals surface area contributed by atoms with Crippen LogP contribution in [0.5, 0.6) is 0 Å². The van der Waals surface area contributed by atoms with E-state index in [9.17, 15) is 14.3 Å². The van der Waals surface area contributed by atoms with Crippen LogP contribution in [0.15, 0.2) is 22.7 Å². The molecule has 0 radical (unpaired) electrons. The van der Waals surface area contributed by atoms with E-state index in [4.69, 9.17) is 0 Å². The molecular formula is C14H17BrFNO2. The van der Waals surface area contributed by atoms with E-state index >= 15 is 0 Å². The van der Waals surface area contributed by atoms with Gasteiger partial charge in [-0.1, -0.05) is 19.3 Å². The Morgan fingerprint density at radius 3 is 2.63 bits per heavy atom. The molecule has 0 aromatic heterocycles. The molecule has 0 heterocycles. The quantitative estimate of drug-likeness (QED) is 0.895. The van der Waals surface area contributed by atoms with Gasteiger partial charge >= 0.3 is 0 Å². The minimum Gasteiger partial charge on any atom is -0.394 e. The summed E-state index contributed by atoms with van der Waals surface area (Å²) in [6.45, 7) is -0.0717. The van der Waals surface area contributed by atoms with Gasteiger partial charge in [0.05, 0.1) is 16.6 Å². The molecule has 0 spiro atoms. The summed E-state index contributed by atoms with van der Waals surface area (Å²) in [4.78, 5) is 12.1. The second-order valence-corrected chi connectivity index (χ2v) is 5.94. The van der Waals surface area contributed by atoms with Gasteiger partial charge in [0.1, 0.15) is 5.82 Å². The third kappa shape index (κ3) is 3.34. The first kappa shape index (κ1) is 14.5. The molecule has 19 heavy (non-hydrogen) atoms. The van der Waals surface area contributed by atoms with Crippen LogP contribution in [0.25, 0.3) is 0 Å². The number of hydrogen-bond acceptors (Lipinski definition) is 2. The number of carbonyl (C=O) groups is 1. The van der Waals surface area contributed by atoms with E-state index in [0.717, 1.165) is 32.1 Å². The van der Waals surface area contributed by atoms with E-state index in [2.05, 4.69) is 21.2 Å². The van der Waals surface area contributed by atoms with Crippen LogP contribution in [0.4, 0.5) is 4.39 Å². The summed E-state index contributed by atoms with van der Waals surface area (Å²) in [5.41, 5.74) is -0.266. The Hall–Kier alpha value is -0.940. The highest BCUT2D eigenvalue weighted by Crippen LogP contribution is 2.28. The standard InChI is InChI=1S/C14H17BrFNO2/c15-11-5-4-10(8-12(11)16)13(19)17-14(9-18)6-2-1-3-7-14/h4-5,8,18H,1-3,6-7,9H2,(H,17,19). The molecule has 1 amide bonds. The number of rotatable bonds is 3. The van der Waals surface area contributed by atoms with Crippen LogP contribution < -0.4 is 5.32 Å². The number of aliphatic hydroxyl groups is 1. The molecule has 104 valence electrons. The van der Waals surface area contributed by atoms with Crippen molar-refractivity contribution in [3.8, 4) is 0 Å². The summed E-state index contributed by atoms with van der Waals surface area (Å²) in [5.74, 6) is -0.795. The maximum atomic E-state index is 13.4. The van der Waals surface area contributed by atoms with Crippen molar-refractivity contribution < 1.29 is 14.3 Å². The minimum atomic E-state index is -0.543. The highest BCUT2D eigenvalue weighted by Gasteiger charge is 2.33. The predicted molar refractivity (Wildman–Crippen MR) is 74.5 cm³/mol. The summed E-state index contributed by atoms with van der Waals surface area (Å²) < 4.78 is 13.8. The maximum absolute atomic E-state index is 13.4. The van der Waals surface area contributed by atoms with Crippen molar-refractivity contribution in [3.05, 3.63) is 34.1 Å². The van der Waals surface area contributed by atoms with Crippen molar-refractivity contribution in [3.63, 3.8) is 0 Å². The van der Waals surface area contributed by atoms with Crippen molar-refractivity contribution in [1.82, 2.24) is 5.32 Å². The van der Waals surface area contributed by atoms with Crippen molar-refractivity contribution in [1.29, 1.82) is 0 Å². The average Bonchev–Trinajstić information content (AvgIpc) is 2.43. The molecular weight excluding hydrogens is 313 g/mol.